The topological polar surface area (TPSA) is 9.23 Å². The Morgan fingerprint density at radius 2 is 2.12 bits per heavy atom. The van der Waals surface area contributed by atoms with Gasteiger partial charge >= 0.3 is 0 Å². The van der Waals surface area contributed by atoms with Gasteiger partial charge in [0.1, 0.15) is 0 Å². The molecular formula is C14H18OS2. The molecule has 0 fully saturated rings. The predicted molar refractivity (Wildman–Crippen MR) is 80.6 cm³/mol. The molecule has 0 saturated heterocycles. The van der Waals surface area contributed by atoms with Crippen LogP contribution in [-0.4, -0.2) is 16.1 Å². The Morgan fingerprint density at radius 1 is 1.41 bits per heavy atom. The van der Waals surface area contributed by atoms with Crippen LogP contribution in [0.5, 0.6) is 0 Å². The zero-order valence-corrected chi connectivity index (χ0v) is 11.9. The zero-order chi connectivity index (χ0) is 12.5. The van der Waals surface area contributed by atoms with Gasteiger partial charge in [-0.3, -0.25) is 0 Å². The van der Waals surface area contributed by atoms with E-state index in [0.717, 1.165) is 9.95 Å². The third kappa shape index (κ3) is 7.31. The van der Waals surface area contributed by atoms with E-state index in [9.17, 15) is 0 Å². The highest BCUT2D eigenvalue weighted by molar-refractivity contribution is 8.23. The summed E-state index contributed by atoms with van der Waals surface area (Å²) in [5, 5.41) is 0. The highest BCUT2D eigenvalue weighted by Gasteiger charge is 1.97. The SMILES string of the molecule is CC(=S)SC/C=C/C(C)OCc1ccccc1. The van der Waals surface area contributed by atoms with Crippen molar-refractivity contribution in [2.75, 3.05) is 5.75 Å². The normalized spacial score (nSPS) is 12.8. The maximum atomic E-state index is 5.71. The van der Waals surface area contributed by atoms with Gasteiger partial charge in [-0.05, 0) is 19.4 Å². The fraction of sp³-hybridized carbons (Fsp3) is 0.357. The van der Waals surface area contributed by atoms with Crippen molar-refractivity contribution in [2.24, 2.45) is 0 Å². The molecule has 0 bridgehead atoms. The van der Waals surface area contributed by atoms with Gasteiger partial charge in [0.05, 0.1) is 12.7 Å². The van der Waals surface area contributed by atoms with E-state index in [-0.39, 0.29) is 6.10 Å². The zero-order valence-electron chi connectivity index (χ0n) is 10.3. The Balaban J connectivity index is 2.21. The van der Waals surface area contributed by atoms with Crippen molar-refractivity contribution in [3.8, 4) is 0 Å². The molecule has 0 saturated carbocycles. The summed E-state index contributed by atoms with van der Waals surface area (Å²) in [5.74, 6) is 0.925. The Bertz CT molecular complexity index is 360. The molecule has 0 heterocycles. The summed E-state index contributed by atoms with van der Waals surface area (Å²) in [5.41, 5.74) is 1.21. The number of ether oxygens (including phenoxy) is 1. The molecule has 1 aromatic carbocycles. The van der Waals surface area contributed by atoms with Crippen molar-refractivity contribution in [3.63, 3.8) is 0 Å². The van der Waals surface area contributed by atoms with E-state index in [0.29, 0.717) is 6.61 Å². The smallest absolute Gasteiger partial charge is 0.0732 e. The monoisotopic (exact) mass is 266 g/mol. The molecule has 1 rings (SSSR count). The summed E-state index contributed by atoms with van der Waals surface area (Å²) in [6.45, 7) is 4.66. The number of hydrogen-bond donors (Lipinski definition) is 0. The standard InChI is InChI=1S/C14H18OS2/c1-12(7-6-10-17-13(2)16)15-11-14-8-4-3-5-9-14/h3-9,12H,10-11H2,1-2H3/b7-6+. The second kappa shape index (κ2) is 8.45. The van der Waals surface area contributed by atoms with Gasteiger partial charge in [0, 0.05) is 9.95 Å². The number of thioether (sulfide) groups is 1. The van der Waals surface area contributed by atoms with Crippen LogP contribution in [0, 0.1) is 0 Å². The number of hydrogen-bond acceptors (Lipinski definition) is 3. The number of benzene rings is 1. The van der Waals surface area contributed by atoms with Gasteiger partial charge in [0.2, 0.25) is 0 Å². The fourth-order valence-corrected chi connectivity index (χ4v) is 1.92. The van der Waals surface area contributed by atoms with E-state index in [1.165, 1.54) is 5.56 Å². The summed E-state index contributed by atoms with van der Waals surface area (Å²) < 4.78 is 6.69. The van der Waals surface area contributed by atoms with Crippen LogP contribution in [0.1, 0.15) is 19.4 Å². The first kappa shape index (κ1) is 14.4. The van der Waals surface area contributed by atoms with Crippen molar-refractivity contribution in [1.82, 2.24) is 0 Å². The van der Waals surface area contributed by atoms with Gasteiger partial charge < -0.3 is 4.74 Å². The second-order valence-corrected chi connectivity index (χ2v) is 5.84. The van der Waals surface area contributed by atoms with Crippen LogP contribution >= 0.6 is 24.0 Å². The molecule has 0 aliphatic rings. The van der Waals surface area contributed by atoms with E-state index in [4.69, 9.17) is 17.0 Å². The Kier molecular flexibility index (Phi) is 7.17. The average Bonchev–Trinajstić information content (AvgIpc) is 2.33. The van der Waals surface area contributed by atoms with Gasteiger partial charge in [0.15, 0.2) is 0 Å². The fourth-order valence-electron chi connectivity index (χ4n) is 1.27. The third-order valence-corrected chi connectivity index (χ3v) is 3.26. The Hall–Kier alpha value is -0.640. The van der Waals surface area contributed by atoms with Crippen LogP contribution in [0.25, 0.3) is 0 Å². The lowest BCUT2D eigenvalue weighted by atomic mass is 10.2. The lowest BCUT2D eigenvalue weighted by Gasteiger charge is -2.08. The Labute approximate surface area is 113 Å². The molecule has 0 N–H and O–H groups in total. The summed E-state index contributed by atoms with van der Waals surface area (Å²) in [4.78, 5) is 0. The lowest BCUT2D eigenvalue weighted by Crippen LogP contribution is -2.04. The molecule has 1 aromatic rings. The summed E-state index contributed by atoms with van der Waals surface area (Å²) in [6.07, 6.45) is 4.32. The summed E-state index contributed by atoms with van der Waals surface area (Å²) in [6, 6.07) is 10.2. The van der Waals surface area contributed by atoms with E-state index in [1.54, 1.807) is 11.8 Å². The van der Waals surface area contributed by atoms with Gasteiger partial charge in [-0.15, -0.1) is 11.8 Å². The van der Waals surface area contributed by atoms with Crippen LogP contribution in [0.3, 0.4) is 0 Å². The quantitative estimate of drug-likeness (QED) is 0.563. The van der Waals surface area contributed by atoms with Crippen molar-refractivity contribution in [3.05, 3.63) is 48.0 Å². The molecule has 1 unspecified atom stereocenters. The van der Waals surface area contributed by atoms with Crippen LogP contribution in [0.15, 0.2) is 42.5 Å². The summed E-state index contributed by atoms with van der Waals surface area (Å²) >= 11 is 6.66. The molecule has 0 aliphatic heterocycles. The van der Waals surface area contributed by atoms with E-state index < -0.39 is 0 Å². The lowest BCUT2D eigenvalue weighted by molar-refractivity contribution is 0.0840. The van der Waals surface area contributed by atoms with Crippen molar-refractivity contribution in [1.29, 1.82) is 0 Å². The van der Waals surface area contributed by atoms with E-state index >= 15 is 0 Å². The summed E-state index contributed by atoms with van der Waals surface area (Å²) in [7, 11) is 0. The highest BCUT2D eigenvalue weighted by atomic mass is 32.2. The molecule has 0 aromatic heterocycles. The van der Waals surface area contributed by atoms with Crippen LogP contribution < -0.4 is 0 Å². The van der Waals surface area contributed by atoms with Crippen molar-refractivity contribution >= 4 is 28.2 Å². The average molecular weight is 266 g/mol. The van der Waals surface area contributed by atoms with Crippen molar-refractivity contribution in [2.45, 2.75) is 26.6 Å². The van der Waals surface area contributed by atoms with Crippen LogP contribution in [-0.2, 0) is 11.3 Å². The first-order valence-corrected chi connectivity index (χ1v) is 7.03. The third-order valence-electron chi connectivity index (χ3n) is 2.15. The van der Waals surface area contributed by atoms with Crippen LogP contribution in [0.4, 0.5) is 0 Å². The minimum atomic E-state index is 0.140. The van der Waals surface area contributed by atoms with Gasteiger partial charge in [0.25, 0.3) is 0 Å². The molecule has 0 aliphatic carbocycles. The van der Waals surface area contributed by atoms with Crippen molar-refractivity contribution < 1.29 is 4.74 Å². The first-order chi connectivity index (χ1) is 8.18. The maximum Gasteiger partial charge on any atom is 0.0732 e. The Morgan fingerprint density at radius 3 is 2.76 bits per heavy atom. The molecule has 1 atom stereocenters. The molecular weight excluding hydrogens is 248 g/mol. The van der Waals surface area contributed by atoms with Crippen LogP contribution in [0.2, 0.25) is 0 Å². The van der Waals surface area contributed by atoms with Gasteiger partial charge in [-0.2, -0.15) is 0 Å². The largest absolute Gasteiger partial charge is 0.370 e. The van der Waals surface area contributed by atoms with E-state index in [1.807, 2.05) is 32.0 Å². The first-order valence-electron chi connectivity index (χ1n) is 5.64. The molecule has 0 radical (unpaired) electrons. The minimum Gasteiger partial charge on any atom is -0.370 e. The molecule has 3 heteroatoms. The maximum absolute atomic E-state index is 5.71. The van der Waals surface area contributed by atoms with Gasteiger partial charge in [-0.25, -0.2) is 0 Å². The van der Waals surface area contributed by atoms with E-state index in [2.05, 4.69) is 24.3 Å². The molecule has 0 spiro atoms. The van der Waals surface area contributed by atoms with Gasteiger partial charge in [-0.1, -0.05) is 54.7 Å². The second-order valence-electron chi connectivity index (χ2n) is 3.73. The molecule has 92 valence electrons. The molecule has 17 heavy (non-hydrogen) atoms. The highest BCUT2D eigenvalue weighted by Crippen LogP contribution is 2.06. The number of rotatable bonds is 6. The minimum absolute atomic E-state index is 0.140. The number of thiocarbonyl (C=S) groups is 1. The predicted octanol–water partition coefficient (Wildman–Crippen LogP) is 4.23. The molecule has 1 nitrogen and oxygen atoms in total. The molecule has 0 amide bonds.